The molecule has 1 aliphatic rings. The lowest BCUT2D eigenvalue weighted by Crippen LogP contribution is -2.55. The summed E-state index contributed by atoms with van der Waals surface area (Å²) >= 11 is 0. The maximum absolute atomic E-state index is 13.6. The fourth-order valence-corrected chi connectivity index (χ4v) is 4.80. The number of benzene rings is 1. The van der Waals surface area contributed by atoms with Gasteiger partial charge in [0.2, 0.25) is 11.8 Å². The largest absolute Gasteiger partial charge is 0.552 e. The molecule has 0 spiro atoms. The van der Waals surface area contributed by atoms with Crippen molar-refractivity contribution < 1.29 is 28.5 Å². The molecule has 0 bridgehead atoms. The molecule has 2 aromatic rings. The van der Waals surface area contributed by atoms with Crippen LogP contribution >= 0.6 is 0 Å². The highest BCUT2D eigenvalue weighted by atomic mass is 16.7. The van der Waals surface area contributed by atoms with Gasteiger partial charge >= 0.3 is 13.1 Å². The van der Waals surface area contributed by atoms with Gasteiger partial charge in [-0.2, -0.15) is 0 Å². The molecular weight excluding hydrogens is 549 g/mol. The zero-order valence-electron chi connectivity index (χ0n) is 25.8. The minimum Gasteiger partial charge on any atom is -0.506 e. The van der Waals surface area contributed by atoms with E-state index >= 15 is 0 Å². The van der Waals surface area contributed by atoms with E-state index in [0.29, 0.717) is 13.0 Å². The molecule has 0 radical (unpaired) electrons. The number of rotatable bonds is 16. The van der Waals surface area contributed by atoms with Gasteiger partial charge in [-0.3, -0.25) is 24.2 Å². The Kier molecular flexibility index (Phi) is 12.7. The lowest BCUT2D eigenvalue weighted by Gasteiger charge is -2.25. The molecule has 12 heteroatoms. The third kappa shape index (κ3) is 11.1. The number of aromatic nitrogens is 2. The van der Waals surface area contributed by atoms with Gasteiger partial charge in [0.05, 0.1) is 18.6 Å². The van der Waals surface area contributed by atoms with Crippen LogP contribution in [-0.2, 0) is 30.1 Å². The zero-order valence-corrected chi connectivity index (χ0v) is 25.8. The van der Waals surface area contributed by atoms with Crippen LogP contribution in [0.3, 0.4) is 0 Å². The summed E-state index contributed by atoms with van der Waals surface area (Å²) in [5, 5.41) is 8.60. The molecule has 232 valence electrons. The molecule has 3 rings (SSSR count). The molecule has 2 heterocycles. The predicted molar refractivity (Wildman–Crippen MR) is 162 cm³/mol. The Morgan fingerprint density at radius 3 is 2.49 bits per heavy atom. The Morgan fingerprint density at radius 1 is 1.09 bits per heavy atom. The van der Waals surface area contributed by atoms with E-state index in [4.69, 9.17) is 9.31 Å². The Morgan fingerprint density at radius 2 is 1.84 bits per heavy atom. The minimum absolute atomic E-state index is 0.0588. The smallest absolute Gasteiger partial charge is 0.506 e. The minimum atomic E-state index is -1.08. The molecule has 1 aliphatic heterocycles. The van der Waals surface area contributed by atoms with E-state index in [1.165, 1.54) is 18.6 Å². The highest BCUT2D eigenvalue weighted by Gasteiger charge is 2.47. The van der Waals surface area contributed by atoms with Crippen molar-refractivity contribution in [2.45, 2.75) is 91.2 Å². The molecule has 0 unspecified atom stereocenters. The number of nitrogens with zero attached hydrogens (tertiary/aromatic N) is 2. The lowest BCUT2D eigenvalue weighted by molar-refractivity contribution is -0.139. The van der Waals surface area contributed by atoms with E-state index in [2.05, 4.69) is 46.7 Å². The molecule has 1 aromatic heterocycles. The molecule has 1 saturated heterocycles. The van der Waals surface area contributed by atoms with Gasteiger partial charge in [-0.15, -0.1) is 0 Å². The van der Waals surface area contributed by atoms with Crippen molar-refractivity contribution in [3.63, 3.8) is 0 Å². The van der Waals surface area contributed by atoms with Crippen LogP contribution in [-0.4, -0.2) is 65.4 Å². The Labute approximate surface area is 254 Å². The first-order valence-electron chi connectivity index (χ1n) is 15.0. The van der Waals surface area contributed by atoms with Gasteiger partial charge < -0.3 is 25.3 Å². The molecular formula is C31H44BN5O6. The fraction of sp³-hybridized carbons (Fsp3) is 0.548. The molecule has 0 saturated carbocycles. The van der Waals surface area contributed by atoms with Gasteiger partial charge in [-0.25, -0.2) is 4.98 Å². The van der Waals surface area contributed by atoms with Gasteiger partial charge in [-0.1, -0.05) is 77.8 Å². The summed E-state index contributed by atoms with van der Waals surface area (Å²) in [5.41, 5.74) is 0.862. The molecule has 0 aliphatic carbocycles. The van der Waals surface area contributed by atoms with Crippen LogP contribution in [0.4, 0.5) is 0 Å². The van der Waals surface area contributed by atoms with Gasteiger partial charge in [-0.05, 0) is 29.7 Å². The SMILES string of the molecule is CCCCC(C)(C)CNC(=O)C[C@H]1OB([C@H](CC(C)C)NC(=O)[C@H](Cc2ccccc2)NC(=O)c2cnccn2)OC1=O. The monoisotopic (exact) mass is 593 g/mol. The second-order valence-electron chi connectivity index (χ2n) is 12.2. The van der Waals surface area contributed by atoms with Crippen molar-refractivity contribution >= 4 is 30.8 Å². The first kappa shape index (κ1) is 33.7. The van der Waals surface area contributed by atoms with Crippen LogP contribution in [0.5, 0.6) is 0 Å². The summed E-state index contributed by atoms with van der Waals surface area (Å²) in [6, 6.07) is 8.34. The van der Waals surface area contributed by atoms with Crippen LogP contribution in [0.15, 0.2) is 48.9 Å². The van der Waals surface area contributed by atoms with Crippen molar-refractivity contribution in [1.82, 2.24) is 25.9 Å². The average molecular weight is 594 g/mol. The van der Waals surface area contributed by atoms with E-state index in [1.54, 1.807) is 0 Å². The topological polar surface area (TPSA) is 149 Å². The molecule has 1 aromatic carbocycles. The standard InChI is InChI=1S/C31H44BN5O6/c1-6-7-13-31(4,5)20-35-27(38)18-25-30(41)43-32(42-25)26(16-21(2)3)37-28(39)23(17-22-11-9-8-10-12-22)36-29(40)24-19-33-14-15-34-24/h8-12,14-15,19,21,23,25-26H,6-7,13,16-18,20H2,1-5H3,(H,35,38)(H,36,40)(H,37,39)/t23-,25+,26-/m0/s1. The summed E-state index contributed by atoms with van der Waals surface area (Å²) in [6.07, 6.45) is 6.71. The lowest BCUT2D eigenvalue weighted by atomic mass is 9.74. The Hall–Kier alpha value is -3.80. The molecule has 43 heavy (non-hydrogen) atoms. The maximum Gasteiger partial charge on any atom is 0.552 e. The highest BCUT2D eigenvalue weighted by molar-refractivity contribution is 6.51. The second-order valence-corrected chi connectivity index (χ2v) is 12.2. The van der Waals surface area contributed by atoms with Crippen LogP contribution in [0.25, 0.3) is 0 Å². The highest BCUT2D eigenvalue weighted by Crippen LogP contribution is 2.23. The van der Waals surface area contributed by atoms with E-state index < -0.39 is 43.0 Å². The number of nitrogens with one attached hydrogen (secondary N) is 3. The number of hydrogen-bond acceptors (Lipinski definition) is 8. The maximum atomic E-state index is 13.6. The first-order valence-corrected chi connectivity index (χ1v) is 15.0. The van der Waals surface area contributed by atoms with E-state index in [-0.39, 0.29) is 35.8 Å². The number of carbonyl (C=O) groups excluding carboxylic acids is 4. The zero-order chi connectivity index (χ0) is 31.4. The number of hydrogen-bond donors (Lipinski definition) is 3. The van der Waals surface area contributed by atoms with Gasteiger partial charge in [0.15, 0.2) is 0 Å². The molecule has 3 atom stereocenters. The Bertz CT molecular complexity index is 1210. The average Bonchev–Trinajstić information content (AvgIpc) is 3.34. The quantitative estimate of drug-likeness (QED) is 0.252. The van der Waals surface area contributed by atoms with Crippen molar-refractivity contribution in [2.75, 3.05) is 6.54 Å². The van der Waals surface area contributed by atoms with E-state index in [1.807, 2.05) is 44.2 Å². The summed E-state index contributed by atoms with van der Waals surface area (Å²) in [7, 11) is -1.08. The summed E-state index contributed by atoms with van der Waals surface area (Å²) in [5.74, 6) is -2.55. The van der Waals surface area contributed by atoms with E-state index in [0.717, 1.165) is 24.8 Å². The second kappa shape index (κ2) is 16.2. The molecule has 1 fully saturated rings. The van der Waals surface area contributed by atoms with Crippen LogP contribution in [0, 0.1) is 11.3 Å². The number of carbonyl (C=O) groups is 4. The van der Waals surface area contributed by atoms with Gasteiger partial charge in [0, 0.05) is 25.4 Å². The summed E-state index contributed by atoms with van der Waals surface area (Å²) in [6.45, 7) is 10.8. The molecule has 3 N–H and O–H groups in total. The molecule has 3 amide bonds. The first-order chi connectivity index (χ1) is 20.5. The van der Waals surface area contributed by atoms with Crippen molar-refractivity contribution in [3.05, 3.63) is 60.2 Å². The van der Waals surface area contributed by atoms with Gasteiger partial charge in [0.1, 0.15) is 17.8 Å². The third-order valence-electron chi connectivity index (χ3n) is 7.22. The normalized spacial score (nSPS) is 16.4. The predicted octanol–water partition coefficient (Wildman–Crippen LogP) is 3.04. The third-order valence-corrected chi connectivity index (χ3v) is 7.22. The number of unbranched alkanes of at least 4 members (excludes halogenated alkanes) is 1. The summed E-state index contributed by atoms with van der Waals surface area (Å²) < 4.78 is 11.4. The van der Waals surface area contributed by atoms with Crippen molar-refractivity contribution in [2.24, 2.45) is 11.3 Å². The Balaban J connectivity index is 1.67. The summed E-state index contributed by atoms with van der Waals surface area (Å²) in [4.78, 5) is 59.9. The number of amides is 3. The fourth-order valence-electron chi connectivity index (χ4n) is 4.80. The van der Waals surface area contributed by atoms with Gasteiger partial charge in [0.25, 0.3) is 5.91 Å². The molecule has 11 nitrogen and oxygen atoms in total. The van der Waals surface area contributed by atoms with E-state index in [9.17, 15) is 19.2 Å². The van der Waals surface area contributed by atoms with Crippen LogP contribution in [0.2, 0.25) is 0 Å². The van der Waals surface area contributed by atoms with Crippen molar-refractivity contribution in [1.29, 1.82) is 0 Å². The van der Waals surface area contributed by atoms with Crippen molar-refractivity contribution in [3.8, 4) is 0 Å². The van der Waals surface area contributed by atoms with Crippen LogP contribution in [0.1, 0.15) is 82.8 Å². The van der Waals surface area contributed by atoms with Crippen LogP contribution < -0.4 is 16.0 Å².